The van der Waals surface area contributed by atoms with Gasteiger partial charge < -0.3 is 0 Å². The molecule has 0 atom stereocenters. The van der Waals surface area contributed by atoms with Crippen LogP contribution in [0.1, 0.15) is 59.3 Å². The molecule has 0 aromatic carbocycles. The van der Waals surface area contributed by atoms with Crippen LogP contribution in [-0.2, 0) is 9.53 Å². The zero-order valence-electron chi connectivity index (χ0n) is 14.2. The van der Waals surface area contributed by atoms with Crippen LogP contribution in [0.5, 0.6) is 0 Å². The van der Waals surface area contributed by atoms with Crippen LogP contribution in [0.4, 0.5) is 0 Å². The summed E-state index contributed by atoms with van der Waals surface area (Å²) >= 11 is 4.28. The molecule has 0 aliphatic rings. The molecular weight excluding hydrogens is 347 g/mol. The molecular formula is C17H34BrO2P. The van der Waals surface area contributed by atoms with Gasteiger partial charge in [-0.3, -0.25) is 0 Å². The summed E-state index contributed by atoms with van der Waals surface area (Å²) in [5.41, 5.74) is 0. The summed E-state index contributed by atoms with van der Waals surface area (Å²) < 4.78 is 5.30. The molecule has 0 aliphatic carbocycles. The van der Waals surface area contributed by atoms with Gasteiger partial charge in [-0.1, -0.05) is 0 Å². The Hall–Kier alpha value is 0.120. The molecule has 0 unspecified atom stereocenters. The molecule has 0 aromatic rings. The molecule has 2 nitrogen and oxygen atoms in total. The van der Waals surface area contributed by atoms with E-state index in [0.717, 1.165) is 6.16 Å². The molecule has 0 heterocycles. The Morgan fingerprint density at radius 2 is 1.43 bits per heavy atom. The maximum atomic E-state index is 11.3. The quantitative estimate of drug-likeness (QED) is 0.223. The van der Waals surface area contributed by atoms with Crippen LogP contribution < -0.4 is 0 Å². The number of carbonyl (C=O) groups excluding carboxylic acids is 1. The van der Waals surface area contributed by atoms with Gasteiger partial charge in [-0.2, -0.15) is 0 Å². The monoisotopic (exact) mass is 380 g/mol. The summed E-state index contributed by atoms with van der Waals surface area (Å²) in [6, 6.07) is 0. The molecule has 0 rings (SSSR count). The molecule has 0 amide bonds. The minimum atomic E-state index is -1.92. The minimum absolute atomic E-state index is 0.297. The molecule has 0 radical (unpaired) electrons. The van der Waals surface area contributed by atoms with E-state index in [-0.39, 0.29) is 5.97 Å². The molecule has 0 saturated heterocycles. The summed E-state index contributed by atoms with van der Waals surface area (Å²) in [5.74, 6) is -0.297. The van der Waals surface area contributed by atoms with Crippen molar-refractivity contribution >= 4 is 26.8 Å². The number of ether oxygens (including phenoxy) is 1. The van der Waals surface area contributed by atoms with Gasteiger partial charge in [-0.15, -0.1) is 0 Å². The van der Waals surface area contributed by atoms with E-state index in [0.29, 0.717) is 6.61 Å². The first kappa shape index (κ1) is 21.1. The summed E-state index contributed by atoms with van der Waals surface area (Å²) in [7, 11) is 0. The Bertz CT molecular complexity index is 293. The van der Waals surface area contributed by atoms with Gasteiger partial charge in [-0.25, -0.2) is 0 Å². The summed E-state index contributed by atoms with van der Waals surface area (Å²) in [6.45, 7) is 10.8. The van der Waals surface area contributed by atoms with Crippen molar-refractivity contribution in [1.29, 1.82) is 0 Å². The van der Waals surface area contributed by atoms with Crippen LogP contribution in [0.2, 0.25) is 0 Å². The van der Waals surface area contributed by atoms with E-state index in [9.17, 15) is 4.79 Å². The zero-order valence-corrected chi connectivity index (χ0v) is 16.7. The Labute approximate surface area is 139 Å². The van der Waals surface area contributed by atoms with Crippen LogP contribution >= 0.6 is 20.8 Å². The van der Waals surface area contributed by atoms with Gasteiger partial charge in [0.05, 0.1) is 0 Å². The van der Waals surface area contributed by atoms with Crippen molar-refractivity contribution in [3.8, 4) is 0 Å². The van der Waals surface area contributed by atoms with Gasteiger partial charge in [0, 0.05) is 0 Å². The van der Waals surface area contributed by atoms with E-state index in [1.807, 2.05) is 0 Å². The molecule has 21 heavy (non-hydrogen) atoms. The Kier molecular flexibility index (Phi) is 10.8. The average Bonchev–Trinajstić information content (AvgIpc) is 2.49. The number of hydrogen-bond acceptors (Lipinski definition) is 2. The van der Waals surface area contributed by atoms with Gasteiger partial charge in [-0.05, 0) is 0 Å². The molecule has 0 N–H and O–H groups in total. The maximum absolute atomic E-state index is 11.3. The number of rotatable bonds is 13. The van der Waals surface area contributed by atoms with Gasteiger partial charge >= 0.3 is 140 Å². The van der Waals surface area contributed by atoms with Crippen molar-refractivity contribution in [1.82, 2.24) is 0 Å². The second kappa shape index (κ2) is 10.8. The number of hydrogen-bond donors (Lipinski definition) is 0. The second-order valence-electron chi connectivity index (χ2n) is 6.15. The molecule has 0 bridgehead atoms. The molecule has 0 aromatic heterocycles. The van der Waals surface area contributed by atoms with E-state index in [2.05, 4.69) is 42.8 Å². The first-order valence-corrected chi connectivity index (χ1v) is 13.4. The number of unbranched alkanes of at least 4 members (excludes halogenated alkanes) is 3. The summed E-state index contributed by atoms with van der Waals surface area (Å²) in [6.07, 6.45) is 13.6. The van der Waals surface area contributed by atoms with Crippen molar-refractivity contribution in [3.63, 3.8) is 0 Å². The standard InChI is InChI=1S/C17H34BrO2P/c1-5-9-13-21(18,14-10-6-2,15-11-7-3)16-12-20-17(19)8-4/h8H,4-7,9-16H2,1-3H3. The Morgan fingerprint density at radius 3 is 1.76 bits per heavy atom. The fourth-order valence-corrected chi connectivity index (χ4v) is 10.7. The van der Waals surface area contributed by atoms with E-state index in [1.165, 1.54) is 63.1 Å². The number of halogens is 1. The Balaban J connectivity index is 4.94. The van der Waals surface area contributed by atoms with Gasteiger partial charge in [0.25, 0.3) is 0 Å². The van der Waals surface area contributed by atoms with Crippen molar-refractivity contribution < 1.29 is 9.53 Å². The third kappa shape index (κ3) is 8.35. The van der Waals surface area contributed by atoms with Crippen LogP contribution in [0, 0.1) is 0 Å². The number of esters is 1. The number of carbonyl (C=O) groups is 1. The Morgan fingerprint density at radius 1 is 1.00 bits per heavy atom. The average molecular weight is 381 g/mol. The fourth-order valence-electron chi connectivity index (χ4n) is 2.76. The van der Waals surface area contributed by atoms with Gasteiger partial charge in [0.1, 0.15) is 0 Å². The third-order valence-corrected chi connectivity index (χ3v) is 14.1. The summed E-state index contributed by atoms with van der Waals surface area (Å²) in [4.78, 5) is 11.3. The van der Waals surface area contributed by atoms with Crippen LogP contribution in [-0.4, -0.2) is 37.2 Å². The van der Waals surface area contributed by atoms with Crippen molar-refractivity contribution in [3.05, 3.63) is 12.7 Å². The predicted molar refractivity (Wildman–Crippen MR) is 101 cm³/mol. The predicted octanol–water partition coefficient (Wildman–Crippen LogP) is 5.98. The normalized spacial score (nSPS) is 13.4. The first-order valence-electron chi connectivity index (χ1n) is 8.45. The van der Waals surface area contributed by atoms with Crippen molar-refractivity contribution in [2.45, 2.75) is 59.3 Å². The van der Waals surface area contributed by atoms with Gasteiger partial charge in [0.2, 0.25) is 0 Å². The third-order valence-electron chi connectivity index (χ3n) is 4.27. The van der Waals surface area contributed by atoms with Crippen molar-refractivity contribution in [2.75, 3.05) is 31.3 Å². The topological polar surface area (TPSA) is 26.3 Å². The molecule has 0 fully saturated rings. The van der Waals surface area contributed by atoms with E-state index in [4.69, 9.17) is 4.74 Å². The van der Waals surface area contributed by atoms with Crippen LogP contribution in [0.3, 0.4) is 0 Å². The van der Waals surface area contributed by atoms with Crippen LogP contribution in [0.15, 0.2) is 12.7 Å². The van der Waals surface area contributed by atoms with Crippen LogP contribution in [0.25, 0.3) is 0 Å². The van der Waals surface area contributed by atoms with Gasteiger partial charge in [0.15, 0.2) is 0 Å². The first-order chi connectivity index (χ1) is 9.93. The SMILES string of the molecule is C=CC(=O)OCCP(Br)(CCCC)(CCCC)CCCC. The van der Waals surface area contributed by atoms with E-state index in [1.54, 1.807) is 0 Å². The van der Waals surface area contributed by atoms with E-state index < -0.39 is 5.31 Å². The molecule has 0 aliphatic heterocycles. The van der Waals surface area contributed by atoms with Crippen molar-refractivity contribution in [2.24, 2.45) is 0 Å². The summed E-state index contributed by atoms with van der Waals surface area (Å²) in [5, 5.41) is -1.92. The molecule has 4 heteroatoms. The zero-order chi connectivity index (χ0) is 16.2. The molecule has 0 saturated carbocycles. The molecule has 0 spiro atoms. The molecule has 126 valence electrons. The van der Waals surface area contributed by atoms with E-state index >= 15 is 0 Å². The fraction of sp³-hybridized carbons (Fsp3) is 0.824. The second-order valence-corrected chi connectivity index (χ2v) is 17.6.